The number of fused-ring (bicyclic) bond motifs is 1. The number of nitrogens with two attached hydrogens (primary N) is 2. The van der Waals surface area contributed by atoms with Gasteiger partial charge in [0.1, 0.15) is 0 Å². The molecule has 0 amide bonds. The van der Waals surface area contributed by atoms with E-state index in [2.05, 4.69) is 20.6 Å². The van der Waals surface area contributed by atoms with Gasteiger partial charge in [-0.05, 0) is 76.3 Å². The number of hydrogen-bond donors (Lipinski definition) is 5. The normalized spacial score (nSPS) is 23.7. The quantitative estimate of drug-likeness (QED) is 0.174. The summed E-state index contributed by atoms with van der Waals surface area (Å²) in [6.07, 6.45) is 13.9. The average molecular weight is 720 g/mol. The maximum atomic E-state index is 13.7. The van der Waals surface area contributed by atoms with Crippen LogP contribution < -0.4 is 27.5 Å². The van der Waals surface area contributed by atoms with E-state index >= 15 is 0 Å². The van der Waals surface area contributed by atoms with Crippen molar-refractivity contribution in [1.29, 1.82) is 0 Å². The van der Waals surface area contributed by atoms with E-state index in [1.54, 1.807) is 24.3 Å². The highest BCUT2D eigenvalue weighted by molar-refractivity contribution is 7.89. The van der Waals surface area contributed by atoms with E-state index in [0.717, 1.165) is 69.9 Å². The minimum Gasteiger partial charge on any atom is -0.367 e. The number of imidazole rings is 1. The number of nitrogens with one attached hydrogen (secondary N) is 3. The molecule has 3 aliphatic rings. The number of rotatable bonds is 11. The Labute approximate surface area is 290 Å². The summed E-state index contributed by atoms with van der Waals surface area (Å²) < 4.78 is 31.0. The van der Waals surface area contributed by atoms with Crippen LogP contribution in [0.25, 0.3) is 11.2 Å². The van der Waals surface area contributed by atoms with Crippen LogP contribution in [-0.2, 0) is 10.0 Å². The average Bonchev–Trinajstić information content (AvgIpc) is 3.70. The minimum atomic E-state index is -3.77. The fourth-order valence-corrected chi connectivity index (χ4v) is 8.08. The first-order valence-electron chi connectivity index (χ1n) is 16.0. The minimum absolute atomic E-state index is 0. The Bertz CT molecular complexity index is 1460. The molecule has 46 heavy (non-hydrogen) atoms. The van der Waals surface area contributed by atoms with E-state index < -0.39 is 10.0 Å². The Morgan fingerprint density at radius 1 is 0.826 bits per heavy atom. The molecule has 3 aromatic rings. The van der Waals surface area contributed by atoms with Gasteiger partial charge in [-0.3, -0.25) is 0 Å². The smallest absolute Gasteiger partial charge is 0.255 e. The fraction of sp³-hybridized carbons (Fsp3) is 0.633. The summed E-state index contributed by atoms with van der Waals surface area (Å²) in [7, 11) is -3.77. The summed E-state index contributed by atoms with van der Waals surface area (Å²) in [6.45, 7) is 0.545. The Hall–Kier alpha value is -1.97. The third-order valence-corrected chi connectivity index (χ3v) is 11.0. The first-order valence-corrected chi connectivity index (χ1v) is 17.4. The molecule has 0 aliphatic heterocycles. The monoisotopic (exact) mass is 718 g/mol. The Morgan fingerprint density at radius 3 is 2.07 bits per heavy atom. The summed E-state index contributed by atoms with van der Waals surface area (Å²) in [5, 5.41) is 6.98. The van der Waals surface area contributed by atoms with Gasteiger partial charge in [-0.15, -0.1) is 41.6 Å². The van der Waals surface area contributed by atoms with E-state index in [-0.39, 0.29) is 72.8 Å². The van der Waals surface area contributed by atoms with Crippen LogP contribution in [0.4, 0.5) is 11.8 Å². The standard InChI is InChI=1S/C30H46N10O2S.3ClH/c31-21-10-14-23(15-11-21)35-30-36-28(27-29(37-30)39(20-34-27)25-6-4-5-7-25)33-18-19-40(38-24-16-12-22(32)13-17-24)43(41,42)26-8-2-1-3-9-26;;;/h1-3,8-9,20-25,38H,4-7,10-19,31-32H2,(H2,33,35,36,37);3*1H. The lowest BCUT2D eigenvalue weighted by Gasteiger charge is -2.32. The first kappa shape index (κ1) is 38.5. The molecule has 0 spiro atoms. The molecule has 7 N–H and O–H groups in total. The van der Waals surface area contributed by atoms with Gasteiger partial charge in [0.25, 0.3) is 10.0 Å². The summed E-state index contributed by atoms with van der Waals surface area (Å²) in [4.78, 5) is 14.8. The predicted octanol–water partition coefficient (Wildman–Crippen LogP) is 4.77. The number of anilines is 2. The van der Waals surface area contributed by atoms with Crippen molar-refractivity contribution < 1.29 is 8.42 Å². The number of nitrogens with zero attached hydrogens (tertiary/aromatic N) is 5. The lowest BCUT2D eigenvalue weighted by atomic mass is 9.92. The van der Waals surface area contributed by atoms with Crippen LogP contribution in [0.1, 0.15) is 83.1 Å². The molecule has 258 valence electrons. The SMILES string of the molecule is Cl.Cl.Cl.NC1CCC(Nc2nc(NCCN(NC3CCC(N)CC3)S(=O)(=O)c3ccccc3)c3ncn(C4CCCC4)c3n2)CC1. The predicted molar refractivity (Wildman–Crippen MR) is 191 cm³/mol. The van der Waals surface area contributed by atoms with Crippen LogP contribution >= 0.6 is 37.2 Å². The molecule has 6 rings (SSSR count). The molecule has 12 nitrogen and oxygen atoms in total. The molecular weight excluding hydrogens is 671 g/mol. The van der Waals surface area contributed by atoms with Crippen molar-refractivity contribution in [2.24, 2.45) is 11.5 Å². The topological polar surface area (TPSA) is 169 Å². The number of benzene rings is 1. The van der Waals surface area contributed by atoms with Crippen LogP contribution in [0.3, 0.4) is 0 Å². The van der Waals surface area contributed by atoms with Crippen molar-refractivity contribution in [3.05, 3.63) is 36.7 Å². The molecule has 1 aromatic carbocycles. The molecule has 3 fully saturated rings. The van der Waals surface area contributed by atoms with Gasteiger partial charge >= 0.3 is 0 Å². The van der Waals surface area contributed by atoms with Crippen LogP contribution in [0, 0.1) is 0 Å². The highest BCUT2D eigenvalue weighted by atomic mass is 35.5. The zero-order chi connectivity index (χ0) is 29.8. The first-order chi connectivity index (χ1) is 20.9. The molecule has 3 aliphatic carbocycles. The zero-order valence-electron chi connectivity index (χ0n) is 26.1. The molecule has 0 unspecified atom stereocenters. The van der Waals surface area contributed by atoms with Gasteiger partial charge in [0.15, 0.2) is 17.0 Å². The maximum Gasteiger partial charge on any atom is 0.255 e. The number of halogens is 3. The van der Waals surface area contributed by atoms with Crippen molar-refractivity contribution in [1.82, 2.24) is 29.4 Å². The number of hydrazine groups is 1. The molecule has 2 aromatic heterocycles. The third-order valence-electron chi connectivity index (χ3n) is 9.28. The zero-order valence-corrected chi connectivity index (χ0v) is 29.4. The molecule has 0 radical (unpaired) electrons. The van der Waals surface area contributed by atoms with Crippen molar-refractivity contribution in [3.63, 3.8) is 0 Å². The number of aromatic nitrogens is 4. The molecule has 16 heteroatoms. The number of hydrogen-bond acceptors (Lipinski definition) is 10. The lowest BCUT2D eigenvalue weighted by molar-refractivity contribution is 0.228. The lowest BCUT2D eigenvalue weighted by Crippen LogP contribution is -2.51. The van der Waals surface area contributed by atoms with Gasteiger partial charge < -0.3 is 26.7 Å². The third kappa shape index (κ3) is 9.13. The van der Waals surface area contributed by atoms with E-state index in [4.69, 9.17) is 26.4 Å². The van der Waals surface area contributed by atoms with Crippen LogP contribution in [-0.4, -0.2) is 69.6 Å². The van der Waals surface area contributed by atoms with Crippen LogP contribution in [0.15, 0.2) is 41.6 Å². The van der Waals surface area contributed by atoms with Crippen molar-refractivity contribution in [2.75, 3.05) is 23.7 Å². The summed E-state index contributed by atoms with van der Waals surface area (Å²) in [5.74, 6) is 1.18. The summed E-state index contributed by atoms with van der Waals surface area (Å²) in [6, 6.07) is 9.71. The largest absolute Gasteiger partial charge is 0.367 e. The van der Waals surface area contributed by atoms with Gasteiger partial charge in [0.2, 0.25) is 5.95 Å². The van der Waals surface area contributed by atoms with Crippen LogP contribution in [0.2, 0.25) is 0 Å². The van der Waals surface area contributed by atoms with Gasteiger partial charge in [-0.25, -0.2) is 18.8 Å². The molecule has 2 heterocycles. The molecule has 0 atom stereocenters. The van der Waals surface area contributed by atoms with Crippen molar-refractivity contribution >= 4 is 70.2 Å². The molecule has 0 bridgehead atoms. The maximum absolute atomic E-state index is 13.7. The fourth-order valence-electron chi connectivity index (χ4n) is 6.70. The Kier molecular flexibility index (Phi) is 14.6. The van der Waals surface area contributed by atoms with E-state index in [1.807, 2.05) is 12.4 Å². The molecular formula is C30H49Cl3N10O2S. The highest BCUT2D eigenvalue weighted by Crippen LogP contribution is 2.33. The second-order valence-electron chi connectivity index (χ2n) is 12.5. The van der Waals surface area contributed by atoms with E-state index in [0.29, 0.717) is 29.9 Å². The van der Waals surface area contributed by atoms with Gasteiger partial charge in [-0.1, -0.05) is 31.0 Å². The van der Waals surface area contributed by atoms with Crippen molar-refractivity contribution in [2.45, 2.75) is 112 Å². The summed E-state index contributed by atoms with van der Waals surface area (Å²) in [5.41, 5.74) is 17.1. The van der Waals surface area contributed by atoms with E-state index in [1.165, 1.54) is 17.3 Å². The summed E-state index contributed by atoms with van der Waals surface area (Å²) >= 11 is 0. The van der Waals surface area contributed by atoms with Gasteiger partial charge in [0.05, 0.1) is 11.2 Å². The number of sulfonamides is 1. The van der Waals surface area contributed by atoms with Crippen LogP contribution in [0.5, 0.6) is 0 Å². The second-order valence-corrected chi connectivity index (χ2v) is 14.3. The second kappa shape index (κ2) is 17.4. The molecule has 0 saturated heterocycles. The Morgan fingerprint density at radius 2 is 1.43 bits per heavy atom. The Balaban J connectivity index is 0.00000192. The highest BCUT2D eigenvalue weighted by Gasteiger charge is 2.29. The van der Waals surface area contributed by atoms with Gasteiger partial charge in [-0.2, -0.15) is 9.97 Å². The van der Waals surface area contributed by atoms with E-state index in [9.17, 15) is 8.42 Å². The molecule has 3 saturated carbocycles. The van der Waals surface area contributed by atoms with Crippen molar-refractivity contribution in [3.8, 4) is 0 Å². The van der Waals surface area contributed by atoms with Gasteiger partial charge in [0, 0.05) is 43.3 Å².